The summed E-state index contributed by atoms with van der Waals surface area (Å²) in [5, 5.41) is 8.83. The van der Waals surface area contributed by atoms with Gasteiger partial charge in [-0.05, 0) is 69.0 Å². The average Bonchev–Trinajstić information content (AvgIpc) is 2.72. The molecule has 154 valence electrons. The second kappa shape index (κ2) is 13.3. The van der Waals surface area contributed by atoms with Crippen LogP contribution in [0.4, 0.5) is 0 Å². The zero-order chi connectivity index (χ0) is 20.0. The van der Waals surface area contributed by atoms with Gasteiger partial charge in [-0.1, -0.05) is 58.8 Å². The predicted octanol–water partition coefficient (Wildman–Crippen LogP) is 7.39. The fourth-order valence-corrected chi connectivity index (χ4v) is 3.41. The molecule has 0 fully saturated rings. The van der Waals surface area contributed by atoms with Gasteiger partial charge in [0, 0.05) is 5.56 Å². The molecular formula is C25H38N2O. The van der Waals surface area contributed by atoms with E-state index >= 15 is 0 Å². The lowest BCUT2D eigenvalue weighted by molar-refractivity contribution is 0.206. The van der Waals surface area contributed by atoms with E-state index in [-0.39, 0.29) is 6.10 Å². The van der Waals surface area contributed by atoms with E-state index < -0.39 is 0 Å². The monoisotopic (exact) mass is 382 g/mol. The Kier molecular flexibility index (Phi) is 10.6. The van der Waals surface area contributed by atoms with Crippen molar-refractivity contribution in [1.29, 1.82) is 0 Å². The van der Waals surface area contributed by atoms with E-state index in [2.05, 4.69) is 55.2 Å². The summed E-state index contributed by atoms with van der Waals surface area (Å²) in [7, 11) is 0. The molecule has 3 nitrogen and oxygen atoms in total. The molecule has 0 N–H and O–H groups in total. The van der Waals surface area contributed by atoms with Gasteiger partial charge < -0.3 is 4.74 Å². The highest BCUT2D eigenvalue weighted by molar-refractivity contribution is 5.59. The summed E-state index contributed by atoms with van der Waals surface area (Å²) in [6.45, 7) is 6.65. The number of hydrogen-bond donors (Lipinski definition) is 0. The minimum atomic E-state index is 0.263. The van der Waals surface area contributed by atoms with Crippen molar-refractivity contribution < 1.29 is 4.74 Å². The standard InChI is InChI=1S/C25H38N2O/c1-4-6-8-10-12-14-23-17-20-25(27-26-23)22-15-18-24(19-16-22)28-21(3)13-11-9-7-5-2/h15-21H,4-14H2,1-3H3. The topological polar surface area (TPSA) is 35.0 Å². The van der Waals surface area contributed by atoms with Gasteiger partial charge in [-0.3, -0.25) is 0 Å². The number of nitrogens with zero attached hydrogens (tertiary/aromatic N) is 2. The summed E-state index contributed by atoms with van der Waals surface area (Å²) < 4.78 is 6.04. The van der Waals surface area contributed by atoms with Gasteiger partial charge in [0.25, 0.3) is 0 Å². The molecule has 0 saturated heterocycles. The van der Waals surface area contributed by atoms with Crippen molar-refractivity contribution >= 4 is 0 Å². The van der Waals surface area contributed by atoms with Crippen molar-refractivity contribution in [1.82, 2.24) is 10.2 Å². The van der Waals surface area contributed by atoms with Gasteiger partial charge in [0.1, 0.15) is 5.75 Å². The van der Waals surface area contributed by atoms with Gasteiger partial charge in [0.2, 0.25) is 0 Å². The smallest absolute Gasteiger partial charge is 0.119 e. The van der Waals surface area contributed by atoms with Crippen molar-refractivity contribution in [2.24, 2.45) is 0 Å². The molecule has 0 aliphatic heterocycles. The fourth-order valence-electron chi connectivity index (χ4n) is 3.41. The summed E-state index contributed by atoms with van der Waals surface area (Å²) in [5.74, 6) is 0.934. The van der Waals surface area contributed by atoms with Gasteiger partial charge in [-0.25, -0.2) is 0 Å². The summed E-state index contributed by atoms with van der Waals surface area (Å²) in [4.78, 5) is 0. The third-order valence-corrected chi connectivity index (χ3v) is 5.21. The highest BCUT2D eigenvalue weighted by Gasteiger charge is 2.06. The highest BCUT2D eigenvalue weighted by Crippen LogP contribution is 2.22. The summed E-state index contributed by atoms with van der Waals surface area (Å²) in [6.07, 6.45) is 14.0. The molecule has 0 radical (unpaired) electrons. The van der Waals surface area contributed by atoms with Crippen molar-refractivity contribution in [3.05, 3.63) is 42.1 Å². The number of hydrogen-bond acceptors (Lipinski definition) is 3. The van der Waals surface area contributed by atoms with Gasteiger partial charge in [0.05, 0.1) is 17.5 Å². The third kappa shape index (κ3) is 8.41. The molecule has 0 spiro atoms. The minimum absolute atomic E-state index is 0.263. The molecule has 0 aliphatic rings. The van der Waals surface area contributed by atoms with Crippen LogP contribution in [-0.2, 0) is 6.42 Å². The van der Waals surface area contributed by atoms with Crippen molar-refractivity contribution in [3.63, 3.8) is 0 Å². The number of benzene rings is 1. The first-order chi connectivity index (χ1) is 13.7. The lowest BCUT2D eigenvalue weighted by Crippen LogP contribution is -2.11. The first-order valence-corrected chi connectivity index (χ1v) is 11.3. The van der Waals surface area contributed by atoms with Gasteiger partial charge in [-0.15, -0.1) is 0 Å². The number of unbranched alkanes of at least 4 members (excludes halogenated alkanes) is 7. The first kappa shape index (κ1) is 22.4. The minimum Gasteiger partial charge on any atom is -0.491 e. The van der Waals surface area contributed by atoms with Gasteiger partial charge in [0.15, 0.2) is 0 Å². The number of aryl methyl sites for hydroxylation is 1. The van der Waals surface area contributed by atoms with Crippen LogP contribution < -0.4 is 4.74 Å². The average molecular weight is 383 g/mol. The molecule has 1 unspecified atom stereocenters. The van der Waals surface area contributed by atoms with E-state index in [1.165, 1.54) is 57.8 Å². The van der Waals surface area contributed by atoms with Crippen molar-refractivity contribution in [2.45, 2.75) is 97.5 Å². The quantitative estimate of drug-likeness (QED) is 0.319. The first-order valence-electron chi connectivity index (χ1n) is 11.3. The van der Waals surface area contributed by atoms with Crippen LogP contribution in [0.5, 0.6) is 5.75 Å². The maximum atomic E-state index is 6.04. The number of rotatable bonds is 14. The number of aromatic nitrogens is 2. The van der Waals surface area contributed by atoms with Crippen LogP contribution in [0.1, 0.15) is 90.7 Å². The van der Waals surface area contributed by atoms with E-state index in [0.717, 1.165) is 35.5 Å². The Hall–Kier alpha value is -1.90. The zero-order valence-electron chi connectivity index (χ0n) is 18.1. The highest BCUT2D eigenvalue weighted by atomic mass is 16.5. The fraction of sp³-hybridized carbons (Fsp3) is 0.600. The van der Waals surface area contributed by atoms with Crippen LogP contribution >= 0.6 is 0 Å². The Labute approximate surface area is 171 Å². The molecule has 0 saturated carbocycles. The Morgan fingerprint density at radius 3 is 2.07 bits per heavy atom. The Bertz CT molecular complexity index is 637. The van der Waals surface area contributed by atoms with E-state index in [1.54, 1.807) is 0 Å². The molecule has 1 aromatic carbocycles. The molecule has 1 aromatic heterocycles. The van der Waals surface area contributed by atoms with E-state index in [4.69, 9.17) is 4.74 Å². The van der Waals surface area contributed by atoms with Crippen LogP contribution in [0, 0.1) is 0 Å². The SMILES string of the molecule is CCCCCCCc1ccc(-c2ccc(OC(C)CCCCCC)cc2)nn1. The molecule has 1 atom stereocenters. The predicted molar refractivity (Wildman–Crippen MR) is 119 cm³/mol. The second-order valence-electron chi connectivity index (χ2n) is 7.88. The molecule has 0 aliphatic carbocycles. The summed E-state index contributed by atoms with van der Waals surface area (Å²) in [5.41, 5.74) is 3.11. The van der Waals surface area contributed by atoms with Gasteiger partial charge >= 0.3 is 0 Å². The van der Waals surface area contributed by atoms with E-state index in [0.29, 0.717) is 0 Å². The summed E-state index contributed by atoms with van der Waals surface area (Å²) >= 11 is 0. The van der Waals surface area contributed by atoms with E-state index in [1.807, 2.05) is 12.1 Å². The lowest BCUT2D eigenvalue weighted by Gasteiger charge is -2.15. The Balaban J connectivity index is 1.79. The molecule has 0 bridgehead atoms. The Morgan fingerprint density at radius 2 is 1.43 bits per heavy atom. The van der Waals surface area contributed by atoms with E-state index in [9.17, 15) is 0 Å². The molecule has 28 heavy (non-hydrogen) atoms. The van der Waals surface area contributed by atoms with Crippen molar-refractivity contribution in [3.8, 4) is 17.0 Å². The zero-order valence-corrected chi connectivity index (χ0v) is 18.1. The normalized spacial score (nSPS) is 12.1. The maximum Gasteiger partial charge on any atom is 0.119 e. The molecule has 2 rings (SSSR count). The van der Waals surface area contributed by atoms with Crippen LogP contribution in [0.25, 0.3) is 11.3 Å². The third-order valence-electron chi connectivity index (χ3n) is 5.21. The molecule has 3 heteroatoms. The lowest BCUT2D eigenvalue weighted by atomic mass is 10.1. The van der Waals surface area contributed by atoms with Crippen LogP contribution in [0.3, 0.4) is 0 Å². The molecule has 1 heterocycles. The molecular weight excluding hydrogens is 344 g/mol. The molecule has 0 amide bonds. The maximum absolute atomic E-state index is 6.04. The van der Waals surface area contributed by atoms with Gasteiger partial charge in [-0.2, -0.15) is 10.2 Å². The van der Waals surface area contributed by atoms with Crippen LogP contribution in [-0.4, -0.2) is 16.3 Å². The second-order valence-corrected chi connectivity index (χ2v) is 7.88. The Morgan fingerprint density at radius 1 is 0.750 bits per heavy atom. The summed E-state index contributed by atoms with van der Waals surface area (Å²) in [6, 6.07) is 12.4. The van der Waals surface area contributed by atoms with Crippen molar-refractivity contribution in [2.75, 3.05) is 0 Å². The largest absolute Gasteiger partial charge is 0.491 e. The van der Waals surface area contributed by atoms with Crippen LogP contribution in [0.2, 0.25) is 0 Å². The molecule has 2 aromatic rings. The van der Waals surface area contributed by atoms with Crippen LogP contribution in [0.15, 0.2) is 36.4 Å². The number of ether oxygens (including phenoxy) is 1.